The highest BCUT2D eigenvalue weighted by Gasteiger charge is 2.12. The topological polar surface area (TPSA) is 35.0 Å². The number of aromatic nitrogens is 2. The van der Waals surface area contributed by atoms with Gasteiger partial charge in [0.1, 0.15) is 17.9 Å². The van der Waals surface area contributed by atoms with E-state index in [1.807, 2.05) is 50.3 Å². The number of hydrogen-bond acceptors (Lipinski definition) is 3. The van der Waals surface area contributed by atoms with Crippen molar-refractivity contribution in [3.63, 3.8) is 0 Å². The molecule has 4 heteroatoms. The zero-order valence-electron chi connectivity index (χ0n) is 14.7. The molecular formula is C22H19FN2O. The number of rotatable bonds is 5. The van der Waals surface area contributed by atoms with Gasteiger partial charge in [-0.05, 0) is 37.1 Å². The summed E-state index contributed by atoms with van der Waals surface area (Å²) in [6.07, 6.45) is 4.93. The maximum absolute atomic E-state index is 14.6. The smallest absolute Gasteiger partial charge is 0.222 e. The van der Waals surface area contributed by atoms with Crippen molar-refractivity contribution in [3.05, 3.63) is 90.7 Å². The van der Waals surface area contributed by atoms with Gasteiger partial charge in [-0.3, -0.25) is 0 Å². The van der Waals surface area contributed by atoms with Crippen molar-refractivity contribution in [2.45, 2.75) is 13.8 Å². The minimum absolute atomic E-state index is 0.303. The lowest BCUT2D eigenvalue weighted by Crippen LogP contribution is -1.94. The SMILES string of the molecule is C=C/C(=C\C)c1ccc(-c2ccccc2Oc2cc(C)ncn2)cc1F. The standard InChI is InChI=1S/C22H19FN2O/c1-4-16(5-2)18-11-10-17(13-20(18)23)19-8-6-7-9-21(19)26-22-12-15(3)24-14-25-22/h4-14H,1H2,2-3H3/b16-5+. The molecule has 0 amide bonds. The number of allylic oxidation sites excluding steroid dienone is 3. The van der Waals surface area contributed by atoms with Gasteiger partial charge >= 0.3 is 0 Å². The molecule has 26 heavy (non-hydrogen) atoms. The van der Waals surface area contributed by atoms with Gasteiger partial charge in [0, 0.05) is 22.9 Å². The summed E-state index contributed by atoms with van der Waals surface area (Å²) >= 11 is 0. The molecule has 1 aromatic heterocycles. The summed E-state index contributed by atoms with van der Waals surface area (Å²) in [5.74, 6) is 0.751. The van der Waals surface area contributed by atoms with Crippen molar-refractivity contribution < 1.29 is 9.13 Å². The molecule has 3 nitrogen and oxygen atoms in total. The van der Waals surface area contributed by atoms with Crippen LogP contribution in [0.15, 0.2) is 73.6 Å². The number of ether oxygens (including phenoxy) is 1. The molecule has 2 aromatic carbocycles. The van der Waals surface area contributed by atoms with Crippen LogP contribution in [0.5, 0.6) is 11.6 Å². The minimum atomic E-state index is -0.303. The van der Waals surface area contributed by atoms with Crippen molar-refractivity contribution >= 4 is 5.57 Å². The van der Waals surface area contributed by atoms with Gasteiger partial charge in [0.05, 0.1) is 0 Å². The highest BCUT2D eigenvalue weighted by molar-refractivity contribution is 5.77. The summed E-state index contributed by atoms with van der Waals surface area (Å²) in [6, 6.07) is 14.4. The lowest BCUT2D eigenvalue weighted by molar-refractivity contribution is 0.462. The third kappa shape index (κ3) is 3.70. The van der Waals surface area contributed by atoms with Crippen LogP contribution in [0.25, 0.3) is 16.7 Å². The zero-order valence-corrected chi connectivity index (χ0v) is 14.7. The van der Waals surface area contributed by atoms with Crippen LogP contribution in [-0.2, 0) is 0 Å². The maximum Gasteiger partial charge on any atom is 0.222 e. The van der Waals surface area contributed by atoms with E-state index in [0.717, 1.165) is 22.4 Å². The van der Waals surface area contributed by atoms with Crippen LogP contribution in [0.2, 0.25) is 0 Å². The Hall–Kier alpha value is -3.27. The molecule has 0 aliphatic heterocycles. The average molecular weight is 346 g/mol. The fraction of sp³-hybridized carbons (Fsp3) is 0.0909. The Labute approximate surface area is 152 Å². The number of para-hydroxylation sites is 1. The first kappa shape index (κ1) is 17.5. The van der Waals surface area contributed by atoms with E-state index in [1.54, 1.807) is 18.2 Å². The molecule has 0 N–H and O–H groups in total. The number of halogens is 1. The predicted octanol–water partition coefficient (Wildman–Crippen LogP) is 5.97. The second-order valence-corrected chi connectivity index (χ2v) is 5.74. The minimum Gasteiger partial charge on any atom is -0.438 e. The van der Waals surface area contributed by atoms with Crippen molar-refractivity contribution in [2.75, 3.05) is 0 Å². The first-order valence-electron chi connectivity index (χ1n) is 8.27. The molecule has 0 aliphatic carbocycles. The Bertz CT molecular complexity index is 979. The summed E-state index contributed by atoms with van der Waals surface area (Å²) in [4.78, 5) is 8.18. The van der Waals surface area contributed by atoms with Gasteiger partial charge < -0.3 is 4.74 Å². The monoisotopic (exact) mass is 346 g/mol. The van der Waals surface area contributed by atoms with Crippen LogP contribution in [0.1, 0.15) is 18.2 Å². The highest BCUT2D eigenvalue weighted by atomic mass is 19.1. The van der Waals surface area contributed by atoms with Gasteiger partial charge in [0.2, 0.25) is 5.88 Å². The second-order valence-electron chi connectivity index (χ2n) is 5.74. The third-order valence-corrected chi connectivity index (χ3v) is 4.00. The fourth-order valence-electron chi connectivity index (χ4n) is 2.69. The van der Waals surface area contributed by atoms with E-state index in [0.29, 0.717) is 17.2 Å². The van der Waals surface area contributed by atoms with Crippen LogP contribution in [0.3, 0.4) is 0 Å². The number of aryl methyl sites for hydroxylation is 1. The van der Waals surface area contributed by atoms with Crippen molar-refractivity contribution in [1.29, 1.82) is 0 Å². The van der Waals surface area contributed by atoms with Gasteiger partial charge in [-0.15, -0.1) is 0 Å². The van der Waals surface area contributed by atoms with Gasteiger partial charge in [0.15, 0.2) is 0 Å². The molecule has 0 saturated heterocycles. The first-order valence-corrected chi connectivity index (χ1v) is 8.27. The molecule has 0 bridgehead atoms. The Morgan fingerprint density at radius 2 is 1.92 bits per heavy atom. The van der Waals surface area contributed by atoms with E-state index in [9.17, 15) is 4.39 Å². The van der Waals surface area contributed by atoms with E-state index < -0.39 is 0 Å². The summed E-state index contributed by atoms with van der Waals surface area (Å²) in [7, 11) is 0. The second kappa shape index (κ2) is 7.74. The van der Waals surface area contributed by atoms with Crippen molar-refractivity contribution in [1.82, 2.24) is 9.97 Å². The van der Waals surface area contributed by atoms with Gasteiger partial charge in [-0.1, -0.05) is 49.1 Å². The lowest BCUT2D eigenvalue weighted by Gasteiger charge is -2.12. The third-order valence-electron chi connectivity index (χ3n) is 4.00. The van der Waals surface area contributed by atoms with Crippen LogP contribution in [-0.4, -0.2) is 9.97 Å². The largest absolute Gasteiger partial charge is 0.438 e. The predicted molar refractivity (Wildman–Crippen MR) is 103 cm³/mol. The maximum atomic E-state index is 14.6. The molecule has 1 heterocycles. The number of hydrogen-bond donors (Lipinski definition) is 0. The van der Waals surface area contributed by atoms with E-state index in [-0.39, 0.29) is 5.82 Å². The molecule has 3 rings (SSSR count). The molecule has 0 unspecified atom stereocenters. The molecule has 130 valence electrons. The van der Waals surface area contributed by atoms with Crippen LogP contribution in [0.4, 0.5) is 4.39 Å². The fourth-order valence-corrected chi connectivity index (χ4v) is 2.69. The molecule has 3 aromatic rings. The Morgan fingerprint density at radius 1 is 1.12 bits per heavy atom. The Morgan fingerprint density at radius 3 is 2.62 bits per heavy atom. The van der Waals surface area contributed by atoms with Crippen LogP contribution in [0, 0.1) is 12.7 Å². The van der Waals surface area contributed by atoms with Gasteiger partial charge in [-0.25, -0.2) is 14.4 Å². The molecular weight excluding hydrogens is 327 g/mol. The molecule has 0 aliphatic rings. The summed E-state index contributed by atoms with van der Waals surface area (Å²) in [6.45, 7) is 7.46. The molecule has 0 fully saturated rings. The summed E-state index contributed by atoms with van der Waals surface area (Å²) < 4.78 is 20.5. The molecule has 0 spiro atoms. The first-order chi connectivity index (χ1) is 12.6. The average Bonchev–Trinajstić information content (AvgIpc) is 2.64. The summed E-state index contributed by atoms with van der Waals surface area (Å²) in [5, 5.41) is 0. The van der Waals surface area contributed by atoms with E-state index in [2.05, 4.69) is 16.5 Å². The van der Waals surface area contributed by atoms with E-state index >= 15 is 0 Å². The van der Waals surface area contributed by atoms with E-state index in [4.69, 9.17) is 4.74 Å². The highest BCUT2D eigenvalue weighted by Crippen LogP contribution is 2.34. The normalized spacial score (nSPS) is 11.3. The van der Waals surface area contributed by atoms with Gasteiger partial charge in [-0.2, -0.15) is 0 Å². The molecule has 0 saturated carbocycles. The van der Waals surface area contributed by atoms with Crippen LogP contribution < -0.4 is 4.74 Å². The Balaban J connectivity index is 2.00. The van der Waals surface area contributed by atoms with E-state index in [1.165, 1.54) is 12.4 Å². The lowest BCUT2D eigenvalue weighted by atomic mass is 9.99. The zero-order chi connectivity index (χ0) is 18.5. The number of benzene rings is 2. The molecule has 0 atom stereocenters. The Kier molecular flexibility index (Phi) is 5.23. The van der Waals surface area contributed by atoms with Gasteiger partial charge in [0.25, 0.3) is 0 Å². The molecule has 0 radical (unpaired) electrons. The van der Waals surface area contributed by atoms with Crippen LogP contribution >= 0.6 is 0 Å². The van der Waals surface area contributed by atoms with Crippen molar-refractivity contribution in [2.24, 2.45) is 0 Å². The quantitative estimate of drug-likeness (QED) is 0.534. The number of nitrogens with zero attached hydrogens (tertiary/aromatic N) is 2. The van der Waals surface area contributed by atoms with Crippen molar-refractivity contribution in [3.8, 4) is 22.8 Å². The summed E-state index contributed by atoms with van der Waals surface area (Å²) in [5.41, 5.74) is 3.61.